The normalized spacial score (nSPS) is 12.4. The minimum atomic E-state index is -0.0778. The molecule has 0 spiro atoms. The van der Waals surface area contributed by atoms with Crippen LogP contribution in [0.2, 0.25) is 0 Å². The number of hydrogen-bond acceptors (Lipinski definition) is 3. The Morgan fingerprint density at radius 1 is 1.17 bits per heavy atom. The fraction of sp³-hybridized carbons (Fsp3) is 0.346. The van der Waals surface area contributed by atoms with E-state index in [4.69, 9.17) is 0 Å². The molecule has 0 aliphatic rings. The van der Waals surface area contributed by atoms with Crippen LogP contribution in [0.4, 0.5) is 0 Å². The molecule has 2 rings (SSSR count). The van der Waals surface area contributed by atoms with Gasteiger partial charge in [-0.15, -0.1) is 0 Å². The molecule has 4 nitrogen and oxygen atoms in total. The van der Waals surface area contributed by atoms with Crippen LogP contribution in [-0.2, 0) is 11.2 Å². The van der Waals surface area contributed by atoms with E-state index in [1.807, 2.05) is 53.0 Å². The Balaban J connectivity index is 2.07. The topological polar surface area (TPSA) is 45.6 Å². The quantitative estimate of drug-likeness (QED) is 0.332. The largest absolute Gasteiger partial charge is 0.338 e. The van der Waals surface area contributed by atoms with E-state index >= 15 is 0 Å². The SMILES string of the molecule is C=C(/C=C(\C)Cc1cnc2ccc(C)cc2c1)C(=O)N(C)C/C(C)=C(\C)N=C(C)C. The smallest absolute Gasteiger partial charge is 0.253 e. The second-order valence-electron chi connectivity index (χ2n) is 8.32. The summed E-state index contributed by atoms with van der Waals surface area (Å²) in [7, 11) is 1.80. The van der Waals surface area contributed by atoms with Gasteiger partial charge in [-0.2, -0.15) is 0 Å². The molecule has 1 amide bonds. The fourth-order valence-electron chi connectivity index (χ4n) is 3.34. The van der Waals surface area contributed by atoms with Gasteiger partial charge in [-0.25, -0.2) is 0 Å². The first-order valence-electron chi connectivity index (χ1n) is 10.2. The highest BCUT2D eigenvalue weighted by atomic mass is 16.2. The maximum absolute atomic E-state index is 12.7. The Morgan fingerprint density at radius 3 is 2.53 bits per heavy atom. The fourth-order valence-corrected chi connectivity index (χ4v) is 3.34. The molecular formula is C26H33N3O. The molecule has 1 heterocycles. The summed E-state index contributed by atoms with van der Waals surface area (Å²) in [6, 6.07) is 8.42. The van der Waals surface area contributed by atoms with E-state index in [2.05, 4.69) is 41.7 Å². The number of amides is 1. The van der Waals surface area contributed by atoms with Crippen LogP contribution < -0.4 is 0 Å². The second kappa shape index (κ2) is 10.1. The summed E-state index contributed by atoms with van der Waals surface area (Å²) in [4.78, 5) is 23.4. The van der Waals surface area contributed by atoms with Gasteiger partial charge < -0.3 is 4.90 Å². The number of aryl methyl sites for hydroxylation is 1. The lowest BCUT2D eigenvalue weighted by Gasteiger charge is -2.19. The molecule has 0 aliphatic carbocycles. The highest BCUT2D eigenvalue weighted by Gasteiger charge is 2.13. The van der Waals surface area contributed by atoms with Crippen molar-refractivity contribution in [1.82, 2.24) is 9.88 Å². The van der Waals surface area contributed by atoms with Crippen LogP contribution in [0.15, 0.2) is 70.5 Å². The summed E-state index contributed by atoms with van der Waals surface area (Å²) in [6.07, 6.45) is 4.51. The molecule has 2 aromatic rings. The van der Waals surface area contributed by atoms with Gasteiger partial charge in [-0.1, -0.05) is 29.9 Å². The van der Waals surface area contributed by atoms with Crippen LogP contribution in [0.25, 0.3) is 10.9 Å². The van der Waals surface area contributed by atoms with Crippen molar-refractivity contribution in [2.45, 2.75) is 48.0 Å². The van der Waals surface area contributed by atoms with Crippen LogP contribution in [-0.4, -0.2) is 35.1 Å². The van der Waals surface area contributed by atoms with Crippen molar-refractivity contribution in [3.63, 3.8) is 0 Å². The van der Waals surface area contributed by atoms with Crippen molar-refractivity contribution in [2.24, 2.45) is 4.99 Å². The molecule has 158 valence electrons. The monoisotopic (exact) mass is 403 g/mol. The molecule has 0 N–H and O–H groups in total. The van der Waals surface area contributed by atoms with Gasteiger partial charge in [0.15, 0.2) is 0 Å². The minimum Gasteiger partial charge on any atom is -0.338 e. The van der Waals surface area contributed by atoms with Gasteiger partial charge in [-0.05, 0) is 77.3 Å². The molecule has 1 aromatic heterocycles. The average molecular weight is 404 g/mol. The number of aliphatic imine (C=N–C) groups is 1. The lowest BCUT2D eigenvalue weighted by atomic mass is 10.0. The van der Waals surface area contributed by atoms with Gasteiger partial charge in [0.05, 0.1) is 5.52 Å². The van der Waals surface area contributed by atoms with Crippen LogP contribution in [0, 0.1) is 6.92 Å². The first kappa shape index (κ1) is 23.3. The summed E-state index contributed by atoms with van der Waals surface area (Å²) >= 11 is 0. The number of fused-ring (bicyclic) bond motifs is 1. The minimum absolute atomic E-state index is 0.0778. The van der Waals surface area contributed by atoms with E-state index in [1.165, 1.54) is 5.56 Å². The number of carbonyl (C=O) groups excluding carboxylic acids is 1. The molecule has 0 unspecified atom stereocenters. The van der Waals surface area contributed by atoms with Gasteiger partial charge >= 0.3 is 0 Å². The molecule has 0 saturated heterocycles. The molecule has 0 saturated carbocycles. The zero-order chi connectivity index (χ0) is 22.4. The Hall–Kier alpha value is -3.01. The number of carbonyl (C=O) groups is 1. The Morgan fingerprint density at radius 2 is 1.87 bits per heavy atom. The molecular weight excluding hydrogens is 370 g/mol. The standard InChI is InChI=1S/C26H33N3O/c1-17(2)28-22(7)21(6)16-29(8)26(30)20(5)11-19(4)12-23-14-24-13-18(3)9-10-25(24)27-15-23/h9-11,13-15H,5,12,16H2,1-4,6-8H3/b19-11+,22-21+. The van der Waals surface area contributed by atoms with Gasteiger partial charge in [0, 0.05) is 42.2 Å². The van der Waals surface area contributed by atoms with E-state index in [9.17, 15) is 4.79 Å². The van der Waals surface area contributed by atoms with Crippen molar-refractivity contribution >= 4 is 22.5 Å². The third-order valence-corrected chi connectivity index (χ3v) is 4.90. The molecule has 30 heavy (non-hydrogen) atoms. The predicted molar refractivity (Wildman–Crippen MR) is 128 cm³/mol. The highest BCUT2D eigenvalue weighted by Crippen LogP contribution is 2.18. The summed E-state index contributed by atoms with van der Waals surface area (Å²) in [5.74, 6) is -0.0778. The average Bonchev–Trinajstić information content (AvgIpc) is 2.66. The number of benzene rings is 1. The lowest BCUT2D eigenvalue weighted by molar-refractivity contribution is -0.125. The maximum Gasteiger partial charge on any atom is 0.253 e. The van der Waals surface area contributed by atoms with Crippen LogP contribution in [0.5, 0.6) is 0 Å². The molecule has 0 radical (unpaired) electrons. The van der Waals surface area contributed by atoms with Crippen molar-refractivity contribution in [3.8, 4) is 0 Å². The van der Waals surface area contributed by atoms with E-state index in [-0.39, 0.29) is 5.91 Å². The van der Waals surface area contributed by atoms with Gasteiger partial charge in [0.1, 0.15) is 0 Å². The number of allylic oxidation sites excluding steroid dienone is 2. The van der Waals surface area contributed by atoms with Crippen molar-refractivity contribution in [3.05, 3.63) is 76.7 Å². The maximum atomic E-state index is 12.7. The Bertz CT molecular complexity index is 1050. The highest BCUT2D eigenvalue weighted by molar-refractivity contribution is 5.95. The van der Waals surface area contributed by atoms with E-state index in [1.54, 1.807) is 11.9 Å². The molecule has 0 fully saturated rings. The van der Waals surface area contributed by atoms with Gasteiger partial charge in [0.2, 0.25) is 0 Å². The van der Waals surface area contributed by atoms with Crippen LogP contribution in [0.3, 0.4) is 0 Å². The molecule has 1 aromatic carbocycles. The zero-order valence-corrected chi connectivity index (χ0v) is 19.3. The van der Waals surface area contributed by atoms with Crippen molar-refractivity contribution in [2.75, 3.05) is 13.6 Å². The number of hydrogen-bond donors (Lipinski definition) is 0. The summed E-state index contributed by atoms with van der Waals surface area (Å²) < 4.78 is 0. The van der Waals surface area contributed by atoms with Gasteiger partial charge in [0.25, 0.3) is 5.91 Å². The zero-order valence-electron chi connectivity index (χ0n) is 19.3. The first-order chi connectivity index (χ1) is 14.1. The van der Waals surface area contributed by atoms with E-state index in [0.29, 0.717) is 12.1 Å². The number of likely N-dealkylation sites (N-methyl/N-ethyl adjacent to an activating group) is 1. The van der Waals surface area contributed by atoms with Crippen LogP contribution >= 0.6 is 0 Å². The van der Waals surface area contributed by atoms with Crippen molar-refractivity contribution in [1.29, 1.82) is 0 Å². The third kappa shape index (κ3) is 6.51. The summed E-state index contributed by atoms with van der Waals surface area (Å²) in [5, 5.41) is 1.14. The molecule has 0 atom stereocenters. The van der Waals surface area contributed by atoms with E-state index < -0.39 is 0 Å². The number of rotatable bonds is 7. The summed E-state index contributed by atoms with van der Waals surface area (Å²) in [6.45, 7) is 16.5. The molecule has 0 aliphatic heterocycles. The number of aromatic nitrogens is 1. The van der Waals surface area contributed by atoms with Crippen molar-refractivity contribution < 1.29 is 4.79 Å². The molecule has 4 heteroatoms. The van der Waals surface area contributed by atoms with Gasteiger partial charge in [-0.3, -0.25) is 14.8 Å². The summed E-state index contributed by atoms with van der Waals surface area (Å²) in [5.41, 5.74) is 7.91. The number of nitrogens with zero attached hydrogens (tertiary/aromatic N) is 3. The third-order valence-electron chi connectivity index (χ3n) is 4.90. The second-order valence-corrected chi connectivity index (χ2v) is 8.32. The Kier molecular flexibility index (Phi) is 7.87. The first-order valence-corrected chi connectivity index (χ1v) is 10.2. The number of pyridine rings is 1. The lowest BCUT2D eigenvalue weighted by Crippen LogP contribution is -2.29. The Labute approximate surface area is 180 Å². The van der Waals surface area contributed by atoms with E-state index in [0.717, 1.165) is 45.4 Å². The predicted octanol–water partition coefficient (Wildman–Crippen LogP) is 5.82. The van der Waals surface area contributed by atoms with Crippen LogP contribution in [0.1, 0.15) is 45.7 Å². The molecule has 0 bridgehead atoms.